The second-order valence-electron chi connectivity index (χ2n) is 4.86. The molecular formula is C15H21F2NO2. The Balaban J connectivity index is 1.88. The molecule has 3 nitrogen and oxygen atoms in total. The third-order valence-electron chi connectivity index (χ3n) is 3.43. The molecule has 0 bridgehead atoms. The monoisotopic (exact) mass is 285 g/mol. The van der Waals surface area contributed by atoms with E-state index in [1.807, 2.05) is 0 Å². The van der Waals surface area contributed by atoms with Crippen LogP contribution in [0.4, 0.5) is 8.78 Å². The van der Waals surface area contributed by atoms with Gasteiger partial charge in [0.2, 0.25) is 0 Å². The van der Waals surface area contributed by atoms with Gasteiger partial charge in [-0.3, -0.25) is 4.90 Å². The highest BCUT2D eigenvalue weighted by atomic mass is 19.1. The van der Waals surface area contributed by atoms with Gasteiger partial charge in [-0.1, -0.05) is 0 Å². The minimum Gasteiger partial charge on any atom is -0.494 e. The van der Waals surface area contributed by atoms with Gasteiger partial charge in [0, 0.05) is 30.8 Å². The third kappa shape index (κ3) is 4.15. The van der Waals surface area contributed by atoms with Gasteiger partial charge in [-0.25, -0.2) is 8.78 Å². The third-order valence-corrected chi connectivity index (χ3v) is 3.43. The first-order valence-electron chi connectivity index (χ1n) is 7.11. The molecule has 2 rings (SSSR count). The van der Waals surface area contributed by atoms with Crippen LogP contribution < -0.4 is 4.74 Å². The van der Waals surface area contributed by atoms with E-state index in [0.29, 0.717) is 13.0 Å². The smallest absolute Gasteiger partial charge is 0.133 e. The number of rotatable bonds is 6. The Bertz CT molecular complexity index is 411. The van der Waals surface area contributed by atoms with Crippen molar-refractivity contribution in [1.29, 1.82) is 0 Å². The molecule has 0 saturated carbocycles. The van der Waals surface area contributed by atoms with Crippen molar-refractivity contribution < 1.29 is 18.3 Å². The minimum atomic E-state index is -0.518. The van der Waals surface area contributed by atoms with Gasteiger partial charge in [-0.2, -0.15) is 0 Å². The second kappa shape index (κ2) is 7.55. The van der Waals surface area contributed by atoms with Crippen LogP contribution in [0, 0.1) is 11.6 Å². The molecule has 0 spiro atoms. The van der Waals surface area contributed by atoms with Crippen molar-refractivity contribution in [3.63, 3.8) is 0 Å². The Morgan fingerprint density at radius 3 is 2.45 bits per heavy atom. The summed E-state index contributed by atoms with van der Waals surface area (Å²) in [4.78, 5) is 2.26. The molecule has 0 unspecified atom stereocenters. The Morgan fingerprint density at radius 1 is 1.20 bits per heavy atom. The fourth-order valence-electron chi connectivity index (χ4n) is 2.37. The molecule has 0 atom stereocenters. The van der Waals surface area contributed by atoms with E-state index < -0.39 is 11.6 Å². The first-order valence-corrected chi connectivity index (χ1v) is 7.11. The summed E-state index contributed by atoms with van der Waals surface area (Å²) in [6, 6.07) is 2.52. The van der Waals surface area contributed by atoms with Crippen LogP contribution in [0.1, 0.15) is 18.9 Å². The van der Waals surface area contributed by atoms with E-state index in [1.165, 1.54) is 12.1 Å². The summed E-state index contributed by atoms with van der Waals surface area (Å²) in [6.07, 6.45) is 1.14. The van der Waals surface area contributed by atoms with Crippen molar-refractivity contribution >= 4 is 0 Å². The van der Waals surface area contributed by atoms with E-state index in [0.717, 1.165) is 39.3 Å². The van der Waals surface area contributed by atoms with Crippen molar-refractivity contribution in [2.24, 2.45) is 0 Å². The SMILES string of the molecule is CCOc1cc(F)c(CCCN2CCOCC2)c(F)c1. The van der Waals surface area contributed by atoms with Crippen LogP contribution in [0.25, 0.3) is 0 Å². The zero-order valence-electron chi connectivity index (χ0n) is 11.8. The average Bonchev–Trinajstić information content (AvgIpc) is 2.43. The van der Waals surface area contributed by atoms with E-state index >= 15 is 0 Å². The molecule has 0 radical (unpaired) electrons. The average molecular weight is 285 g/mol. The molecule has 1 aromatic carbocycles. The summed E-state index contributed by atoms with van der Waals surface area (Å²) in [5.41, 5.74) is 0.154. The highest BCUT2D eigenvalue weighted by Gasteiger charge is 2.14. The molecule has 20 heavy (non-hydrogen) atoms. The molecule has 0 aromatic heterocycles. The van der Waals surface area contributed by atoms with Gasteiger partial charge in [0.15, 0.2) is 0 Å². The van der Waals surface area contributed by atoms with E-state index in [-0.39, 0.29) is 11.3 Å². The number of halogens is 2. The van der Waals surface area contributed by atoms with Crippen molar-refractivity contribution in [1.82, 2.24) is 4.90 Å². The maximum absolute atomic E-state index is 13.8. The van der Waals surface area contributed by atoms with Crippen molar-refractivity contribution in [2.45, 2.75) is 19.8 Å². The standard InChI is InChI=1S/C15H21F2NO2/c1-2-20-12-10-14(16)13(15(17)11-12)4-3-5-18-6-8-19-9-7-18/h10-11H,2-9H2,1H3. The molecular weight excluding hydrogens is 264 g/mol. The van der Waals surface area contributed by atoms with E-state index in [9.17, 15) is 8.78 Å². The number of nitrogens with zero attached hydrogens (tertiary/aromatic N) is 1. The van der Waals surface area contributed by atoms with Crippen molar-refractivity contribution in [3.05, 3.63) is 29.3 Å². The topological polar surface area (TPSA) is 21.7 Å². The highest BCUT2D eigenvalue weighted by Crippen LogP contribution is 2.22. The molecule has 0 amide bonds. The van der Waals surface area contributed by atoms with Crippen LogP contribution in [-0.2, 0) is 11.2 Å². The molecule has 1 aliphatic heterocycles. The molecule has 1 aliphatic rings. The van der Waals surface area contributed by atoms with Crippen LogP contribution in [0.15, 0.2) is 12.1 Å². The summed E-state index contributed by atoms with van der Waals surface area (Å²) in [5.74, 6) is -0.787. The maximum Gasteiger partial charge on any atom is 0.133 e. The molecule has 5 heteroatoms. The lowest BCUT2D eigenvalue weighted by Crippen LogP contribution is -2.37. The van der Waals surface area contributed by atoms with Crippen LogP contribution in [-0.4, -0.2) is 44.4 Å². The first kappa shape index (κ1) is 15.2. The van der Waals surface area contributed by atoms with Gasteiger partial charge in [0.1, 0.15) is 17.4 Å². The predicted octanol–water partition coefficient (Wildman–Crippen LogP) is 2.63. The van der Waals surface area contributed by atoms with Gasteiger partial charge in [-0.15, -0.1) is 0 Å². The molecule has 1 saturated heterocycles. The first-order chi connectivity index (χ1) is 9.70. The van der Waals surface area contributed by atoms with Gasteiger partial charge in [0.25, 0.3) is 0 Å². The van der Waals surface area contributed by atoms with Crippen molar-refractivity contribution in [3.8, 4) is 5.75 Å². The Labute approximate surface area is 118 Å². The summed E-state index contributed by atoms with van der Waals surface area (Å²) in [5, 5.41) is 0. The number of hydrogen-bond acceptors (Lipinski definition) is 3. The lowest BCUT2D eigenvalue weighted by molar-refractivity contribution is 0.0374. The lowest BCUT2D eigenvalue weighted by Gasteiger charge is -2.26. The minimum absolute atomic E-state index is 0.154. The van der Waals surface area contributed by atoms with Crippen LogP contribution in [0.5, 0.6) is 5.75 Å². The summed E-state index contributed by atoms with van der Waals surface area (Å²) in [6.45, 7) is 6.30. The fourth-order valence-corrected chi connectivity index (χ4v) is 2.37. The summed E-state index contributed by atoms with van der Waals surface area (Å²) in [7, 11) is 0. The van der Waals surface area contributed by atoms with Crippen LogP contribution >= 0.6 is 0 Å². The molecule has 1 fully saturated rings. The number of morpholine rings is 1. The molecule has 0 aliphatic carbocycles. The van der Waals surface area contributed by atoms with E-state index in [4.69, 9.17) is 9.47 Å². The molecule has 0 N–H and O–H groups in total. The van der Waals surface area contributed by atoms with Gasteiger partial charge >= 0.3 is 0 Å². The van der Waals surface area contributed by atoms with Gasteiger partial charge in [-0.05, 0) is 26.3 Å². The van der Waals surface area contributed by atoms with Gasteiger partial charge < -0.3 is 9.47 Å². The zero-order chi connectivity index (χ0) is 14.4. The van der Waals surface area contributed by atoms with Crippen molar-refractivity contribution in [2.75, 3.05) is 39.5 Å². The quantitative estimate of drug-likeness (QED) is 0.802. The number of ether oxygens (including phenoxy) is 2. The normalized spacial score (nSPS) is 16.4. The Morgan fingerprint density at radius 2 is 1.85 bits per heavy atom. The fraction of sp³-hybridized carbons (Fsp3) is 0.600. The largest absolute Gasteiger partial charge is 0.494 e. The molecule has 112 valence electrons. The van der Waals surface area contributed by atoms with Crippen LogP contribution in [0.2, 0.25) is 0 Å². The number of hydrogen-bond donors (Lipinski definition) is 0. The highest BCUT2D eigenvalue weighted by molar-refractivity contribution is 5.30. The Hall–Kier alpha value is -1.20. The predicted molar refractivity (Wildman–Crippen MR) is 73.1 cm³/mol. The van der Waals surface area contributed by atoms with Crippen LogP contribution in [0.3, 0.4) is 0 Å². The van der Waals surface area contributed by atoms with E-state index in [1.54, 1.807) is 6.92 Å². The maximum atomic E-state index is 13.8. The number of benzene rings is 1. The van der Waals surface area contributed by atoms with Gasteiger partial charge in [0.05, 0.1) is 19.8 Å². The molecule has 1 heterocycles. The Kier molecular flexibility index (Phi) is 5.73. The van der Waals surface area contributed by atoms with E-state index in [2.05, 4.69) is 4.90 Å². The molecule has 1 aromatic rings. The lowest BCUT2D eigenvalue weighted by atomic mass is 10.1. The second-order valence-corrected chi connectivity index (χ2v) is 4.86. The zero-order valence-corrected chi connectivity index (χ0v) is 11.8. The summed E-state index contributed by atoms with van der Waals surface area (Å²) < 4.78 is 38.1. The summed E-state index contributed by atoms with van der Waals surface area (Å²) >= 11 is 0.